The Balaban J connectivity index is 2.03. The molecule has 0 unspecified atom stereocenters. The lowest BCUT2D eigenvalue weighted by atomic mass is 10.0. The number of primary sulfonamides is 1. The first-order chi connectivity index (χ1) is 13.3. The average molecular weight is 472 g/mol. The molecule has 0 fully saturated rings. The van der Waals surface area contributed by atoms with Crippen LogP contribution >= 0.6 is 27.3 Å². The van der Waals surface area contributed by atoms with Gasteiger partial charge in [-0.15, -0.1) is 11.3 Å². The van der Waals surface area contributed by atoms with Crippen LogP contribution in [0.5, 0.6) is 0 Å². The third-order valence-electron chi connectivity index (χ3n) is 4.38. The SMILES string of the molecule is NS(=O)(=O)c1ccc(-c2sc3ccccc3c(=O)c2-c2ccc(Br)cc2)cc1. The Morgan fingerprint density at radius 2 is 1.43 bits per heavy atom. The minimum atomic E-state index is -3.78. The number of halogens is 1. The van der Waals surface area contributed by atoms with Crippen molar-refractivity contribution >= 4 is 47.4 Å². The van der Waals surface area contributed by atoms with Crippen LogP contribution in [0.3, 0.4) is 0 Å². The quantitative estimate of drug-likeness (QED) is 0.456. The molecule has 4 aromatic rings. The van der Waals surface area contributed by atoms with Gasteiger partial charge in [0.15, 0.2) is 5.43 Å². The highest BCUT2D eigenvalue weighted by molar-refractivity contribution is 9.10. The van der Waals surface area contributed by atoms with Gasteiger partial charge in [0.2, 0.25) is 10.0 Å². The van der Waals surface area contributed by atoms with E-state index in [1.807, 2.05) is 48.5 Å². The monoisotopic (exact) mass is 471 g/mol. The molecule has 3 aromatic carbocycles. The third kappa shape index (κ3) is 3.54. The molecule has 7 heteroatoms. The molecule has 2 N–H and O–H groups in total. The van der Waals surface area contributed by atoms with Crippen LogP contribution in [0, 0.1) is 0 Å². The fourth-order valence-corrected chi connectivity index (χ4v) is 5.00. The number of nitrogens with two attached hydrogens (primary N) is 1. The highest BCUT2D eigenvalue weighted by Gasteiger charge is 2.17. The Morgan fingerprint density at radius 1 is 0.821 bits per heavy atom. The standard InChI is InChI=1S/C21H14BrNO3S2/c22-15-9-5-13(6-10-15)19-20(24)17-3-1-2-4-18(17)27-21(19)14-7-11-16(12-8-14)28(23,25)26/h1-12H,(H2,23,25,26). The largest absolute Gasteiger partial charge is 0.288 e. The molecule has 0 atom stereocenters. The molecule has 0 bridgehead atoms. The van der Waals surface area contributed by atoms with Crippen molar-refractivity contribution in [3.05, 3.63) is 87.5 Å². The second kappa shape index (κ2) is 7.25. The van der Waals surface area contributed by atoms with Crippen molar-refractivity contribution in [3.8, 4) is 21.6 Å². The Labute approximate surface area is 174 Å². The van der Waals surface area contributed by atoms with Crippen molar-refractivity contribution < 1.29 is 8.42 Å². The minimum Gasteiger partial charge on any atom is -0.288 e. The van der Waals surface area contributed by atoms with Crippen molar-refractivity contribution in [2.24, 2.45) is 5.14 Å². The summed E-state index contributed by atoms with van der Waals surface area (Å²) >= 11 is 4.92. The molecule has 0 aliphatic rings. The zero-order valence-electron chi connectivity index (χ0n) is 14.4. The summed E-state index contributed by atoms with van der Waals surface area (Å²) < 4.78 is 24.9. The number of benzene rings is 3. The first-order valence-corrected chi connectivity index (χ1v) is 11.5. The average Bonchev–Trinajstić information content (AvgIpc) is 2.68. The molecular formula is C21H14BrNO3S2. The van der Waals surface area contributed by atoms with Crippen LogP contribution in [-0.2, 0) is 10.0 Å². The van der Waals surface area contributed by atoms with Gasteiger partial charge in [0.05, 0.1) is 4.90 Å². The van der Waals surface area contributed by atoms with Crippen LogP contribution in [0.15, 0.2) is 87.0 Å². The Kier molecular flexibility index (Phi) is 4.93. The van der Waals surface area contributed by atoms with Gasteiger partial charge in [0.25, 0.3) is 0 Å². The maximum atomic E-state index is 13.3. The van der Waals surface area contributed by atoms with Crippen molar-refractivity contribution in [1.29, 1.82) is 0 Å². The smallest absolute Gasteiger partial charge is 0.238 e. The molecule has 4 rings (SSSR count). The topological polar surface area (TPSA) is 77.2 Å². The molecule has 0 aliphatic carbocycles. The fourth-order valence-electron chi connectivity index (χ4n) is 3.02. The summed E-state index contributed by atoms with van der Waals surface area (Å²) in [7, 11) is -3.78. The van der Waals surface area contributed by atoms with E-state index < -0.39 is 10.0 Å². The second-order valence-electron chi connectivity index (χ2n) is 6.21. The lowest BCUT2D eigenvalue weighted by molar-refractivity contribution is 0.598. The summed E-state index contributed by atoms with van der Waals surface area (Å²) in [5.74, 6) is 0. The zero-order valence-corrected chi connectivity index (χ0v) is 17.6. The summed E-state index contributed by atoms with van der Waals surface area (Å²) in [5.41, 5.74) is 2.11. The number of hydrogen-bond donors (Lipinski definition) is 1. The molecule has 0 saturated carbocycles. The normalized spacial score (nSPS) is 11.6. The summed E-state index contributed by atoms with van der Waals surface area (Å²) in [4.78, 5) is 14.1. The predicted molar refractivity (Wildman–Crippen MR) is 118 cm³/mol. The van der Waals surface area contributed by atoms with Gasteiger partial charge in [0.1, 0.15) is 0 Å². The fraction of sp³-hybridized carbons (Fsp3) is 0. The third-order valence-corrected chi connectivity index (χ3v) is 7.05. The van der Waals surface area contributed by atoms with E-state index in [9.17, 15) is 13.2 Å². The minimum absolute atomic E-state index is 0.0366. The first-order valence-electron chi connectivity index (χ1n) is 8.29. The van der Waals surface area contributed by atoms with Gasteiger partial charge in [-0.1, -0.05) is 52.3 Å². The van der Waals surface area contributed by atoms with Crippen molar-refractivity contribution in [2.45, 2.75) is 4.90 Å². The van der Waals surface area contributed by atoms with Gasteiger partial charge in [-0.3, -0.25) is 4.79 Å². The summed E-state index contributed by atoms with van der Waals surface area (Å²) in [6.07, 6.45) is 0. The summed E-state index contributed by atoms with van der Waals surface area (Å²) in [6.45, 7) is 0. The van der Waals surface area contributed by atoms with Gasteiger partial charge in [-0.25, -0.2) is 13.6 Å². The van der Waals surface area contributed by atoms with E-state index in [-0.39, 0.29) is 10.3 Å². The van der Waals surface area contributed by atoms with E-state index in [1.165, 1.54) is 23.5 Å². The molecule has 0 saturated heterocycles. The maximum absolute atomic E-state index is 13.3. The molecule has 4 nitrogen and oxygen atoms in total. The molecule has 1 heterocycles. The van der Waals surface area contributed by atoms with E-state index >= 15 is 0 Å². The first kappa shape index (κ1) is 19.0. The number of rotatable bonds is 3. The molecule has 1 aromatic heterocycles. The molecule has 0 aliphatic heterocycles. The van der Waals surface area contributed by atoms with E-state index in [0.29, 0.717) is 10.9 Å². The van der Waals surface area contributed by atoms with Gasteiger partial charge < -0.3 is 0 Å². The molecule has 28 heavy (non-hydrogen) atoms. The maximum Gasteiger partial charge on any atom is 0.238 e. The van der Waals surface area contributed by atoms with E-state index in [0.717, 1.165) is 25.2 Å². The van der Waals surface area contributed by atoms with Gasteiger partial charge in [-0.05, 0) is 47.5 Å². The predicted octanol–water partition coefficient (Wildman–Crippen LogP) is 5.01. The lowest BCUT2D eigenvalue weighted by Gasteiger charge is -2.11. The lowest BCUT2D eigenvalue weighted by Crippen LogP contribution is -2.11. The highest BCUT2D eigenvalue weighted by Crippen LogP contribution is 2.37. The van der Waals surface area contributed by atoms with Crippen LogP contribution in [0.1, 0.15) is 0 Å². The van der Waals surface area contributed by atoms with E-state index in [1.54, 1.807) is 12.1 Å². The van der Waals surface area contributed by atoms with Crippen LogP contribution in [0.2, 0.25) is 0 Å². The molecule has 0 spiro atoms. The van der Waals surface area contributed by atoms with Crippen LogP contribution in [0.4, 0.5) is 0 Å². The molecular weight excluding hydrogens is 458 g/mol. The summed E-state index contributed by atoms with van der Waals surface area (Å²) in [6, 6.07) is 21.3. The molecule has 0 amide bonds. The van der Waals surface area contributed by atoms with Crippen LogP contribution in [0.25, 0.3) is 31.7 Å². The number of fused-ring (bicyclic) bond motifs is 1. The zero-order chi connectivity index (χ0) is 19.9. The molecule has 140 valence electrons. The van der Waals surface area contributed by atoms with Gasteiger partial charge in [-0.2, -0.15) is 0 Å². The highest BCUT2D eigenvalue weighted by atomic mass is 79.9. The number of sulfonamides is 1. The van der Waals surface area contributed by atoms with Crippen LogP contribution in [-0.4, -0.2) is 8.42 Å². The molecule has 0 radical (unpaired) electrons. The van der Waals surface area contributed by atoms with Crippen molar-refractivity contribution in [3.63, 3.8) is 0 Å². The Morgan fingerprint density at radius 3 is 2.07 bits per heavy atom. The van der Waals surface area contributed by atoms with Crippen LogP contribution < -0.4 is 10.6 Å². The van der Waals surface area contributed by atoms with Crippen molar-refractivity contribution in [2.75, 3.05) is 0 Å². The van der Waals surface area contributed by atoms with Crippen molar-refractivity contribution in [1.82, 2.24) is 0 Å². The Hall–Kier alpha value is -2.32. The number of hydrogen-bond acceptors (Lipinski definition) is 4. The summed E-state index contributed by atoms with van der Waals surface area (Å²) in [5, 5.41) is 5.86. The second-order valence-corrected chi connectivity index (χ2v) is 9.74. The van der Waals surface area contributed by atoms with Gasteiger partial charge in [0, 0.05) is 25.0 Å². The van der Waals surface area contributed by atoms with E-state index in [4.69, 9.17) is 5.14 Å². The Bertz CT molecular complexity index is 1340. The van der Waals surface area contributed by atoms with Gasteiger partial charge >= 0.3 is 0 Å². The van der Waals surface area contributed by atoms with E-state index in [2.05, 4.69) is 15.9 Å².